The number of hydrogen-bond donors (Lipinski definition) is 2. The number of ether oxygens (including phenoxy) is 1. The molecule has 0 unspecified atom stereocenters. The number of halogens is 2. The predicted octanol–water partition coefficient (Wildman–Crippen LogP) is 4.92. The molecule has 2 aromatic carbocycles. The van der Waals surface area contributed by atoms with Crippen molar-refractivity contribution in [3.8, 4) is 5.75 Å². The maximum Gasteiger partial charge on any atom is 0.265 e. The minimum absolute atomic E-state index is 0.00897. The van der Waals surface area contributed by atoms with Gasteiger partial charge in [-0.15, -0.1) is 11.3 Å². The van der Waals surface area contributed by atoms with E-state index in [1.165, 1.54) is 23.5 Å². The molecule has 8 heteroatoms. The molecule has 0 saturated heterocycles. The summed E-state index contributed by atoms with van der Waals surface area (Å²) in [5.41, 5.74) is 1.04. The first kappa shape index (κ1) is 19.1. The number of benzene rings is 2. The van der Waals surface area contributed by atoms with Crippen molar-refractivity contribution >= 4 is 50.5 Å². The number of carbonyl (C=O) groups excluding carboxylic acids is 2. The quantitative estimate of drug-likeness (QED) is 0.562. The molecular formula is C19H14BrFN2O3S. The summed E-state index contributed by atoms with van der Waals surface area (Å²) in [5, 5.41) is 7.23. The zero-order chi connectivity index (χ0) is 19.2. The standard InChI is InChI=1S/C19H14BrFN2O3S/c20-12-6-7-16(15(21)9-12)26-11-18(24)22-13-3-1-4-14(10-13)23-19(25)17-5-2-8-27-17/h1-10H,11H2,(H,22,24)(H,23,25). The highest BCUT2D eigenvalue weighted by Gasteiger charge is 2.10. The molecule has 0 aliphatic carbocycles. The van der Waals surface area contributed by atoms with Gasteiger partial charge in [-0.2, -0.15) is 0 Å². The second-order valence-electron chi connectivity index (χ2n) is 5.42. The largest absolute Gasteiger partial charge is 0.481 e. The first-order valence-corrected chi connectivity index (χ1v) is 9.51. The number of amides is 2. The molecule has 0 saturated carbocycles. The molecule has 5 nitrogen and oxygen atoms in total. The fraction of sp³-hybridized carbons (Fsp3) is 0.0526. The second-order valence-corrected chi connectivity index (χ2v) is 7.29. The van der Waals surface area contributed by atoms with E-state index >= 15 is 0 Å². The summed E-state index contributed by atoms with van der Waals surface area (Å²) < 4.78 is 19.5. The summed E-state index contributed by atoms with van der Waals surface area (Å²) >= 11 is 4.49. The molecule has 0 bridgehead atoms. The summed E-state index contributed by atoms with van der Waals surface area (Å²) in [6.45, 7) is -0.343. The smallest absolute Gasteiger partial charge is 0.265 e. The van der Waals surface area contributed by atoms with E-state index in [4.69, 9.17) is 4.74 Å². The number of anilines is 2. The Morgan fingerprint density at radius 1 is 1.04 bits per heavy atom. The highest BCUT2D eigenvalue weighted by molar-refractivity contribution is 9.10. The van der Waals surface area contributed by atoms with Crippen molar-refractivity contribution in [2.75, 3.05) is 17.2 Å². The molecule has 3 rings (SSSR count). The number of rotatable bonds is 6. The SMILES string of the molecule is O=C(COc1ccc(Br)cc1F)Nc1cccc(NC(=O)c2cccs2)c1. The van der Waals surface area contributed by atoms with Crippen LogP contribution in [0.5, 0.6) is 5.75 Å². The number of thiophene rings is 1. The molecule has 0 radical (unpaired) electrons. The molecule has 0 spiro atoms. The van der Waals surface area contributed by atoms with Crippen LogP contribution in [0.4, 0.5) is 15.8 Å². The van der Waals surface area contributed by atoms with Crippen LogP contribution in [0.15, 0.2) is 64.5 Å². The molecule has 2 N–H and O–H groups in total. The summed E-state index contributed by atoms with van der Waals surface area (Å²) in [6, 6.07) is 14.6. The topological polar surface area (TPSA) is 67.4 Å². The van der Waals surface area contributed by atoms with Gasteiger partial charge in [-0.25, -0.2) is 4.39 Å². The first-order chi connectivity index (χ1) is 13.0. The summed E-state index contributed by atoms with van der Waals surface area (Å²) in [5.74, 6) is -1.23. The van der Waals surface area contributed by atoms with Crippen LogP contribution in [-0.2, 0) is 4.79 Å². The average Bonchev–Trinajstić information content (AvgIpc) is 3.16. The van der Waals surface area contributed by atoms with E-state index in [2.05, 4.69) is 26.6 Å². The Bertz CT molecular complexity index is 963. The van der Waals surface area contributed by atoms with Crippen molar-refractivity contribution in [3.05, 3.63) is 75.1 Å². The van der Waals surface area contributed by atoms with Crippen LogP contribution in [0.3, 0.4) is 0 Å². The lowest BCUT2D eigenvalue weighted by Crippen LogP contribution is -2.20. The van der Waals surface area contributed by atoms with Crippen LogP contribution in [-0.4, -0.2) is 18.4 Å². The molecule has 3 aromatic rings. The van der Waals surface area contributed by atoms with Crippen LogP contribution in [0.25, 0.3) is 0 Å². The summed E-state index contributed by atoms with van der Waals surface area (Å²) in [6.07, 6.45) is 0. The van der Waals surface area contributed by atoms with Gasteiger partial charge in [0.2, 0.25) is 0 Å². The predicted molar refractivity (Wildman–Crippen MR) is 107 cm³/mol. The van der Waals surface area contributed by atoms with E-state index in [-0.39, 0.29) is 18.3 Å². The van der Waals surface area contributed by atoms with E-state index in [9.17, 15) is 14.0 Å². The molecule has 2 amide bonds. The maximum absolute atomic E-state index is 13.7. The van der Waals surface area contributed by atoms with Gasteiger partial charge in [0.05, 0.1) is 4.88 Å². The molecule has 138 valence electrons. The molecule has 0 atom stereocenters. The van der Waals surface area contributed by atoms with Crippen molar-refractivity contribution in [1.29, 1.82) is 0 Å². The van der Waals surface area contributed by atoms with Gasteiger partial charge >= 0.3 is 0 Å². The summed E-state index contributed by atoms with van der Waals surface area (Å²) in [7, 11) is 0. The van der Waals surface area contributed by atoms with Gasteiger partial charge in [-0.1, -0.05) is 28.1 Å². The third-order valence-electron chi connectivity index (χ3n) is 3.40. The van der Waals surface area contributed by atoms with Crippen LogP contribution in [0, 0.1) is 5.82 Å². The van der Waals surface area contributed by atoms with Gasteiger partial charge in [-0.3, -0.25) is 9.59 Å². The van der Waals surface area contributed by atoms with Crippen molar-refractivity contribution < 1.29 is 18.7 Å². The number of carbonyl (C=O) groups is 2. The third-order valence-corrected chi connectivity index (χ3v) is 4.76. The molecule has 0 fully saturated rings. The molecule has 0 aliphatic heterocycles. The average molecular weight is 449 g/mol. The zero-order valence-corrected chi connectivity index (χ0v) is 16.3. The normalized spacial score (nSPS) is 10.3. The summed E-state index contributed by atoms with van der Waals surface area (Å²) in [4.78, 5) is 24.7. The maximum atomic E-state index is 13.7. The third kappa shape index (κ3) is 5.38. The van der Waals surface area contributed by atoms with Crippen molar-refractivity contribution in [1.82, 2.24) is 0 Å². The monoisotopic (exact) mass is 448 g/mol. The van der Waals surface area contributed by atoms with Gasteiger partial charge in [0.25, 0.3) is 11.8 Å². The van der Waals surface area contributed by atoms with Crippen LogP contribution >= 0.6 is 27.3 Å². The van der Waals surface area contributed by atoms with Crippen molar-refractivity contribution in [2.24, 2.45) is 0 Å². The molecule has 1 aromatic heterocycles. The Labute approximate surface area is 167 Å². The number of hydrogen-bond acceptors (Lipinski definition) is 4. The fourth-order valence-corrected chi connectivity index (χ4v) is 3.16. The van der Waals surface area contributed by atoms with Crippen LogP contribution < -0.4 is 15.4 Å². The van der Waals surface area contributed by atoms with Crippen molar-refractivity contribution in [3.63, 3.8) is 0 Å². The van der Waals surface area contributed by atoms with E-state index in [0.29, 0.717) is 20.7 Å². The minimum Gasteiger partial charge on any atom is -0.481 e. The van der Waals surface area contributed by atoms with Crippen molar-refractivity contribution in [2.45, 2.75) is 0 Å². The Balaban J connectivity index is 1.57. The molecule has 1 heterocycles. The van der Waals surface area contributed by atoms with E-state index < -0.39 is 11.7 Å². The van der Waals surface area contributed by atoms with E-state index in [1.807, 2.05) is 5.38 Å². The Morgan fingerprint density at radius 2 is 1.81 bits per heavy atom. The van der Waals surface area contributed by atoms with Gasteiger partial charge in [0.1, 0.15) is 0 Å². The highest BCUT2D eigenvalue weighted by atomic mass is 79.9. The Morgan fingerprint density at radius 3 is 2.52 bits per heavy atom. The lowest BCUT2D eigenvalue weighted by atomic mass is 10.2. The van der Waals surface area contributed by atoms with Crippen LogP contribution in [0.2, 0.25) is 0 Å². The molecule has 0 aliphatic rings. The number of nitrogens with one attached hydrogen (secondary N) is 2. The lowest BCUT2D eigenvalue weighted by Gasteiger charge is -2.10. The first-order valence-electron chi connectivity index (χ1n) is 7.84. The molecular weight excluding hydrogens is 435 g/mol. The van der Waals surface area contributed by atoms with E-state index in [1.54, 1.807) is 42.5 Å². The molecule has 27 heavy (non-hydrogen) atoms. The zero-order valence-electron chi connectivity index (χ0n) is 13.9. The lowest BCUT2D eigenvalue weighted by molar-refractivity contribution is -0.118. The van der Waals surface area contributed by atoms with Crippen LogP contribution in [0.1, 0.15) is 9.67 Å². The van der Waals surface area contributed by atoms with Gasteiger partial charge in [-0.05, 0) is 47.8 Å². The van der Waals surface area contributed by atoms with Gasteiger partial charge in [0, 0.05) is 15.8 Å². The Hall–Kier alpha value is -2.71. The van der Waals surface area contributed by atoms with E-state index in [0.717, 1.165) is 0 Å². The minimum atomic E-state index is -0.560. The highest BCUT2D eigenvalue weighted by Crippen LogP contribution is 2.22. The fourth-order valence-electron chi connectivity index (χ4n) is 2.21. The van der Waals surface area contributed by atoms with Gasteiger partial charge < -0.3 is 15.4 Å². The van der Waals surface area contributed by atoms with Gasteiger partial charge in [0.15, 0.2) is 18.2 Å². The Kier molecular flexibility index (Phi) is 6.20. The second kappa shape index (κ2) is 8.79.